The molecule has 0 radical (unpaired) electrons. The number of hydrogen-bond donors (Lipinski definition) is 3. The van der Waals surface area contributed by atoms with Crippen molar-refractivity contribution in [3.8, 4) is 45.3 Å². The molecule has 0 unspecified atom stereocenters. The highest BCUT2D eigenvalue weighted by atomic mass is 19.1. The summed E-state index contributed by atoms with van der Waals surface area (Å²) in [6, 6.07) is 20.2. The van der Waals surface area contributed by atoms with Crippen molar-refractivity contribution in [1.82, 2.24) is 78.5 Å². The van der Waals surface area contributed by atoms with Gasteiger partial charge in [0.25, 0.3) is 5.56 Å². The number of ether oxygens (including phenoxy) is 3. The number of aliphatic hydroxyl groups excluding tert-OH is 3. The quantitative estimate of drug-likeness (QED) is 0.0861. The van der Waals surface area contributed by atoms with Gasteiger partial charge >= 0.3 is 0 Å². The SMILES string of the molecule is COc1cc(CO)c2c(c1F)N(c1ccc3ncc(-c4cnn(C)c4)cc3n1)CCN(C(C)C)C2.COc1cc(CO)c2c(c1F)N(c1ccc3ncc(-c4cnn(C)c4)nc3n1)CCN(C(C)C)C2.COc1cc(CO)c2c(c1F)N(c1ccc3ncn(-c4cnn(C)c4)c(=O)c3c1)CCN(C(C)C)C2. The molecule has 106 heavy (non-hydrogen) atoms. The summed E-state index contributed by atoms with van der Waals surface area (Å²) in [6.07, 6.45) is 15.6. The van der Waals surface area contributed by atoms with Crippen molar-refractivity contribution in [3.63, 3.8) is 0 Å². The molecule has 26 nitrogen and oxygen atoms in total. The zero-order chi connectivity index (χ0) is 74.9. The van der Waals surface area contributed by atoms with Crippen molar-refractivity contribution in [2.45, 2.75) is 99.1 Å². The van der Waals surface area contributed by atoms with Gasteiger partial charge in [0, 0.05) is 145 Å². The molecule has 552 valence electrons. The van der Waals surface area contributed by atoms with Crippen LogP contribution < -0.4 is 34.5 Å². The summed E-state index contributed by atoms with van der Waals surface area (Å²) in [7, 11) is 9.77. The summed E-state index contributed by atoms with van der Waals surface area (Å²) in [5.41, 5.74) is 12.7. The van der Waals surface area contributed by atoms with E-state index in [1.165, 1.54) is 32.2 Å². The van der Waals surface area contributed by atoms with Crippen molar-refractivity contribution in [1.29, 1.82) is 0 Å². The van der Waals surface area contributed by atoms with Crippen LogP contribution in [0.25, 0.3) is 61.2 Å². The Morgan fingerprint density at radius 1 is 0.453 bits per heavy atom. The number of methoxy groups -OCH3 is 3. The van der Waals surface area contributed by atoms with Crippen LogP contribution in [0.1, 0.15) is 74.9 Å². The molecule has 12 aromatic rings. The van der Waals surface area contributed by atoms with Crippen LogP contribution in [0.5, 0.6) is 17.2 Å². The maximum Gasteiger partial charge on any atom is 0.265 e. The minimum Gasteiger partial charge on any atom is -0.494 e. The third-order valence-corrected chi connectivity index (χ3v) is 19.8. The average molecular weight is 1450 g/mol. The normalized spacial score (nSPS) is 14.4. The molecule has 0 aliphatic carbocycles. The molecule has 29 heteroatoms. The van der Waals surface area contributed by atoms with Crippen LogP contribution in [0.3, 0.4) is 0 Å². The molecule has 0 bridgehead atoms. The van der Waals surface area contributed by atoms with Gasteiger partial charge < -0.3 is 44.2 Å². The van der Waals surface area contributed by atoms with E-state index in [0.29, 0.717) is 155 Å². The van der Waals surface area contributed by atoms with Crippen LogP contribution in [-0.2, 0) is 60.6 Å². The van der Waals surface area contributed by atoms with E-state index >= 15 is 13.2 Å². The number of benzene rings is 4. The predicted molar refractivity (Wildman–Crippen MR) is 400 cm³/mol. The fourth-order valence-electron chi connectivity index (χ4n) is 13.9. The largest absolute Gasteiger partial charge is 0.494 e. The molecule has 3 aliphatic rings. The monoisotopic (exact) mass is 1450 g/mol. The van der Waals surface area contributed by atoms with E-state index in [-0.39, 0.29) is 60.8 Å². The van der Waals surface area contributed by atoms with Crippen molar-refractivity contribution < 1.29 is 42.7 Å². The van der Waals surface area contributed by atoms with E-state index in [1.54, 1.807) is 88.6 Å². The van der Waals surface area contributed by atoms with Crippen molar-refractivity contribution in [2.75, 3.05) is 75.3 Å². The molecule has 3 aliphatic heterocycles. The zero-order valence-electron chi connectivity index (χ0n) is 61.4. The van der Waals surface area contributed by atoms with Crippen LogP contribution in [0.15, 0.2) is 127 Å². The van der Waals surface area contributed by atoms with Crippen LogP contribution in [0, 0.1) is 17.5 Å². The third kappa shape index (κ3) is 14.5. The predicted octanol–water partition coefficient (Wildman–Crippen LogP) is 10.6. The molecule has 0 spiro atoms. The highest BCUT2D eigenvalue weighted by molar-refractivity contribution is 5.86. The fraction of sp³-hybridized carbons (Fsp3) is 0.351. The lowest BCUT2D eigenvalue weighted by molar-refractivity contribution is 0.220. The lowest BCUT2D eigenvalue weighted by atomic mass is 10.0. The molecule has 0 amide bonds. The highest BCUT2D eigenvalue weighted by Crippen LogP contribution is 2.45. The number of hydrogen-bond acceptors (Lipinski definition) is 22. The van der Waals surface area contributed by atoms with Gasteiger partial charge in [-0.3, -0.25) is 48.1 Å². The molecule has 0 saturated heterocycles. The second-order valence-corrected chi connectivity index (χ2v) is 27.3. The maximum atomic E-state index is 15.8. The van der Waals surface area contributed by atoms with E-state index < -0.39 is 17.5 Å². The fourth-order valence-corrected chi connectivity index (χ4v) is 13.9. The number of pyridine rings is 3. The van der Waals surface area contributed by atoms with Crippen molar-refractivity contribution in [2.24, 2.45) is 21.1 Å². The first-order valence-corrected chi connectivity index (χ1v) is 35.0. The van der Waals surface area contributed by atoms with Gasteiger partial charge in [0.2, 0.25) is 0 Å². The maximum absolute atomic E-state index is 15.8. The lowest BCUT2D eigenvalue weighted by Gasteiger charge is -2.27. The van der Waals surface area contributed by atoms with E-state index in [0.717, 1.165) is 33.3 Å². The number of aromatic nitrogens is 13. The number of fused-ring (bicyclic) bond motifs is 6. The second kappa shape index (κ2) is 31.0. The molecule has 0 saturated carbocycles. The van der Waals surface area contributed by atoms with Gasteiger partial charge in [-0.15, -0.1) is 0 Å². The Labute approximate surface area is 610 Å². The molecule has 11 heterocycles. The van der Waals surface area contributed by atoms with E-state index in [9.17, 15) is 20.1 Å². The number of aryl methyl sites for hydroxylation is 3. The molecule has 4 aromatic carbocycles. The zero-order valence-corrected chi connectivity index (χ0v) is 61.4. The molecule has 0 fully saturated rings. The average Bonchev–Trinajstić information content (AvgIpc) is 1.38. The van der Waals surface area contributed by atoms with E-state index in [2.05, 4.69) is 86.5 Å². The molecular weight excluding hydrogens is 1360 g/mol. The van der Waals surface area contributed by atoms with Crippen LogP contribution >= 0.6 is 0 Å². The van der Waals surface area contributed by atoms with Gasteiger partial charge in [0.15, 0.2) is 40.3 Å². The highest BCUT2D eigenvalue weighted by Gasteiger charge is 2.34. The number of aliphatic hydroxyl groups is 3. The first-order valence-electron chi connectivity index (χ1n) is 35.0. The first-order chi connectivity index (χ1) is 51.1. The topological polar surface area (TPSA) is 261 Å². The summed E-state index contributed by atoms with van der Waals surface area (Å²) in [5.74, 6) is 0.0318. The third-order valence-electron chi connectivity index (χ3n) is 19.8. The van der Waals surface area contributed by atoms with Crippen LogP contribution in [0.4, 0.5) is 47.6 Å². The smallest absolute Gasteiger partial charge is 0.265 e. The Balaban J connectivity index is 0.000000141. The second-order valence-electron chi connectivity index (χ2n) is 27.3. The molecule has 8 aromatic heterocycles. The summed E-state index contributed by atoms with van der Waals surface area (Å²) >= 11 is 0. The van der Waals surface area contributed by atoms with Gasteiger partial charge in [-0.1, -0.05) is 0 Å². The Morgan fingerprint density at radius 3 is 1.40 bits per heavy atom. The standard InChI is InChI=1S/C26H29FN6O3.C26H29FN6O2.C25H28FN7O2/c1-16(2)31-7-8-32(25-21(13-31)17(14-34)9-23(36-4)24(25)27)18-5-6-22-20(10-18)26(35)33(15-28-22)19-11-29-30(3)12-19;1-16(2)32-7-8-33(26-20(14-32)18(15-34)10-23(35-4)25(26)27)24-6-5-21-22(30-24)9-17(11-28-21)19-12-29-31(3)13-19;1-15(2)32-7-8-33(24-18(13-32)16(14-34)9-21(35-4)23(24)26)22-6-5-19-25(30-22)29-20(11-27-19)17-10-28-31(3)12-17/h5-6,9-12,15-16,34H,7-8,13-14H2,1-4H3;5-6,9-13,16,34H,7-8,14-15H2,1-4H3;5-6,9-12,15,34H,7-8,13-14H2,1-4H3. The Kier molecular flexibility index (Phi) is 21.5. The Morgan fingerprint density at radius 2 is 0.915 bits per heavy atom. The Hall–Kier alpha value is -11.0. The number of halogens is 3. The van der Waals surface area contributed by atoms with Crippen LogP contribution in [0.2, 0.25) is 0 Å². The Bertz CT molecular complexity index is 5080. The van der Waals surface area contributed by atoms with E-state index in [1.807, 2.05) is 77.6 Å². The summed E-state index contributed by atoms with van der Waals surface area (Å²) in [6.45, 7) is 17.1. The number of nitrogens with zero attached hydrogens (tertiary/aromatic N) is 19. The van der Waals surface area contributed by atoms with Gasteiger partial charge in [-0.2, -0.15) is 15.3 Å². The van der Waals surface area contributed by atoms with Crippen molar-refractivity contribution in [3.05, 3.63) is 184 Å². The van der Waals surface area contributed by atoms with Gasteiger partial charge in [-0.05, 0) is 142 Å². The number of anilines is 6. The number of rotatable bonds is 15. The van der Waals surface area contributed by atoms with Gasteiger partial charge in [-0.25, -0.2) is 33.1 Å². The minimum absolute atomic E-state index is 0.0715. The van der Waals surface area contributed by atoms with Crippen LogP contribution in [-0.4, -0.2) is 173 Å². The van der Waals surface area contributed by atoms with Crippen molar-refractivity contribution >= 4 is 67.5 Å². The summed E-state index contributed by atoms with van der Waals surface area (Å²) in [4.78, 5) is 53.7. The lowest BCUT2D eigenvalue weighted by Crippen LogP contribution is -2.34. The minimum atomic E-state index is -0.491. The molecular formula is C77H86F3N19O7. The first kappa shape index (κ1) is 73.4. The van der Waals surface area contributed by atoms with Gasteiger partial charge in [0.05, 0.1) is 116 Å². The summed E-state index contributed by atoms with van der Waals surface area (Å²) < 4.78 is 69.9. The molecule has 3 N–H and O–H groups in total. The summed E-state index contributed by atoms with van der Waals surface area (Å²) in [5, 5.41) is 43.3. The molecule has 0 atom stereocenters. The molecule has 15 rings (SSSR count). The van der Waals surface area contributed by atoms with E-state index in [4.69, 9.17) is 29.2 Å². The van der Waals surface area contributed by atoms with Gasteiger partial charge in [0.1, 0.15) is 23.5 Å².